The van der Waals surface area contributed by atoms with Crippen LogP contribution in [-0.4, -0.2) is 25.2 Å². The molecule has 6 nitrogen and oxygen atoms in total. The highest BCUT2D eigenvalue weighted by Gasteiger charge is 2.16. The van der Waals surface area contributed by atoms with Gasteiger partial charge in [0.25, 0.3) is 5.91 Å². The Hall–Kier alpha value is -2.93. The summed E-state index contributed by atoms with van der Waals surface area (Å²) in [5.41, 5.74) is 2.56. The molecule has 1 N–H and O–H groups in total. The normalized spacial score (nSPS) is 11.3. The van der Waals surface area contributed by atoms with Crippen molar-refractivity contribution < 1.29 is 17.7 Å². The molecule has 1 heterocycles. The van der Waals surface area contributed by atoms with Gasteiger partial charge in [0.15, 0.2) is 21.3 Å². The van der Waals surface area contributed by atoms with E-state index in [0.29, 0.717) is 23.4 Å². The molecule has 7 heteroatoms. The Morgan fingerprint density at radius 3 is 2.37 bits per heavy atom. The average Bonchev–Trinajstić information content (AvgIpc) is 3.14. The minimum Gasteiger partial charge on any atom is -0.355 e. The Bertz CT molecular complexity index is 1040. The number of hydrogen-bond acceptors (Lipinski definition) is 5. The molecule has 0 spiro atoms. The Labute approximate surface area is 158 Å². The SMILES string of the molecule is CCCS(=O)(=O)c1ccc(-c2cc(C(=O)Nc3ccc(C)cc3)no2)cc1. The lowest BCUT2D eigenvalue weighted by Crippen LogP contribution is -2.11. The lowest BCUT2D eigenvalue weighted by atomic mass is 10.1. The van der Waals surface area contributed by atoms with Gasteiger partial charge >= 0.3 is 0 Å². The molecule has 0 aliphatic heterocycles. The van der Waals surface area contributed by atoms with Crippen LogP contribution < -0.4 is 5.32 Å². The number of sulfone groups is 1. The minimum absolute atomic E-state index is 0.109. The molecule has 0 bridgehead atoms. The number of amides is 1. The van der Waals surface area contributed by atoms with E-state index in [4.69, 9.17) is 4.52 Å². The predicted octanol–water partition coefficient (Wildman–Crippen LogP) is 4.09. The summed E-state index contributed by atoms with van der Waals surface area (Å²) in [5.74, 6) is 0.123. The van der Waals surface area contributed by atoms with Crippen molar-refractivity contribution in [3.63, 3.8) is 0 Å². The maximum absolute atomic E-state index is 12.3. The van der Waals surface area contributed by atoms with Crippen molar-refractivity contribution in [1.82, 2.24) is 5.16 Å². The molecule has 140 valence electrons. The van der Waals surface area contributed by atoms with Crippen LogP contribution in [0.2, 0.25) is 0 Å². The molecule has 0 unspecified atom stereocenters. The maximum atomic E-state index is 12.3. The smallest absolute Gasteiger partial charge is 0.277 e. The van der Waals surface area contributed by atoms with Crippen molar-refractivity contribution in [2.45, 2.75) is 25.2 Å². The third-order valence-electron chi connectivity index (χ3n) is 4.02. The van der Waals surface area contributed by atoms with E-state index >= 15 is 0 Å². The number of carbonyl (C=O) groups excluding carboxylic acids is 1. The summed E-state index contributed by atoms with van der Waals surface area (Å²) < 4.78 is 29.4. The topological polar surface area (TPSA) is 89.3 Å². The summed E-state index contributed by atoms with van der Waals surface area (Å²) in [6, 6.07) is 15.3. The molecule has 27 heavy (non-hydrogen) atoms. The van der Waals surface area contributed by atoms with Crippen LogP contribution >= 0.6 is 0 Å². The third kappa shape index (κ3) is 4.43. The lowest BCUT2D eigenvalue weighted by molar-refractivity contribution is 0.101. The van der Waals surface area contributed by atoms with E-state index < -0.39 is 9.84 Å². The average molecular weight is 384 g/mol. The van der Waals surface area contributed by atoms with Crippen LogP contribution in [0.5, 0.6) is 0 Å². The van der Waals surface area contributed by atoms with Crippen LogP contribution in [0.25, 0.3) is 11.3 Å². The number of hydrogen-bond donors (Lipinski definition) is 1. The van der Waals surface area contributed by atoms with E-state index in [1.54, 1.807) is 12.1 Å². The number of benzene rings is 2. The first-order valence-electron chi connectivity index (χ1n) is 8.57. The number of rotatable bonds is 6. The zero-order chi connectivity index (χ0) is 19.4. The highest BCUT2D eigenvalue weighted by atomic mass is 32.2. The second-order valence-electron chi connectivity index (χ2n) is 6.24. The molecule has 0 aliphatic carbocycles. The monoisotopic (exact) mass is 384 g/mol. The molecule has 0 saturated heterocycles. The fraction of sp³-hybridized carbons (Fsp3) is 0.200. The molecular weight excluding hydrogens is 364 g/mol. The summed E-state index contributed by atoms with van der Waals surface area (Å²) in [6.07, 6.45) is 0.561. The summed E-state index contributed by atoms with van der Waals surface area (Å²) in [7, 11) is -3.27. The van der Waals surface area contributed by atoms with E-state index in [9.17, 15) is 13.2 Å². The number of nitrogens with one attached hydrogen (secondary N) is 1. The molecule has 0 aliphatic rings. The number of carbonyl (C=O) groups is 1. The van der Waals surface area contributed by atoms with Crippen molar-refractivity contribution >= 4 is 21.4 Å². The maximum Gasteiger partial charge on any atom is 0.277 e. The zero-order valence-electron chi connectivity index (χ0n) is 15.1. The summed E-state index contributed by atoms with van der Waals surface area (Å²) in [4.78, 5) is 12.6. The van der Waals surface area contributed by atoms with Crippen molar-refractivity contribution in [3.05, 3.63) is 65.9 Å². The van der Waals surface area contributed by atoms with Crippen molar-refractivity contribution in [1.29, 1.82) is 0 Å². The van der Waals surface area contributed by atoms with Crippen LogP contribution in [0.1, 0.15) is 29.4 Å². The Morgan fingerprint density at radius 1 is 1.07 bits per heavy atom. The first kappa shape index (κ1) is 18.8. The van der Waals surface area contributed by atoms with Crippen LogP contribution in [0.3, 0.4) is 0 Å². The van der Waals surface area contributed by atoms with Crippen molar-refractivity contribution in [3.8, 4) is 11.3 Å². The molecular formula is C20H20N2O4S. The molecule has 2 aromatic carbocycles. The highest BCUT2D eigenvalue weighted by Crippen LogP contribution is 2.23. The van der Waals surface area contributed by atoms with E-state index in [-0.39, 0.29) is 22.2 Å². The minimum atomic E-state index is -3.27. The standard InChI is InChI=1S/C20H20N2O4S/c1-3-12-27(24,25)17-10-6-15(7-11-17)19-13-18(22-26-19)20(23)21-16-8-4-14(2)5-9-16/h4-11,13H,3,12H2,1-2H3,(H,21,23). The zero-order valence-corrected chi connectivity index (χ0v) is 15.9. The van der Waals surface area contributed by atoms with Crippen LogP contribution in [0, 0.1) is 6.92 Å². The van der Waals surface area contributed by atoms with Gasteiger partial charge in [-0.15, -0.1) is 0 Å². The van der Waals surface area contributed by atoms with Gasteiger partial charge in [-0.2, -0.15) is 0 Å². The van der Waals surface area contributed by atoms with E-state index in [1.807, 2.05) is 38.1 Å². The second kappa shape index (κ2) is 7.75. The molecule has 3 aromatic rings. The van der Waals surface area contributed by atoms with Gasteiger partial charge in [-0.25, -0.2) is 8.42 Å². The summed E-state index contributed by atoms with van der Waals surface area (Å²) >= 11 is 0. The molecule has 0 radical (unpaired) electrons. The molecule has 3 rings (SSSR count). The molecule has 1 aromatic heterocycles. The van der Waals surface area contributed by atoms with Crippen molar-refractivity contribution in [2.24, 2.45) is 0 Å². The van der Waals surface area contributed by atoms with Crippen LogP contribution in [-0.2, 0) is 9.84 Å². The number of aryl methyl sites for hydroxylation is 1. The number of anilines is 1. The van der Waals surface area contributed by atoms with Gasteiger partial charge in [0, 0.05) is 17.3 Å². The van der Waals surface area contributed by atoms with Crippen LogP contribution in [0.15, 0.2) is 64.0 Å². The quantitative estimate of drug-likeness (QED) is 0.691. The Balaban J connectivity index is 1.75. The third-order valence-corrected chi connectivity index (χ3v) is 5.96. The van der Waals surface area contributed by atoms with Gasteiger partial charge in [0.2, 0.25) is 0 Å². The second-order valence-corrected chi connectivity index (χ2v) is 8.35. The van der Waals surface area contributed by atoms with Gasteiger partial charge in [0.05, 0.1) is 10.6 Å². The number of aromatic nitrogens is 1. The van der Waals surface area contributed by atoms with Gasteiger partial charge in [-0.05, 0) is 49.7 Å². The Kier molecular flexibility index (Phi) is 5.41. The van der Waals surface area contributed by atoms with Gasteiger partial charge in [-0.3, -0.25) is 4.79 Å². The van der Waals surface area contributed by atoms with Gasteiger partial charge in [-0.1, -0.05) is 29.8 Å². The van der Waals surface area contributed by atoms with Gasteiger partial charge < -0.3 is 9.84 Å². The molecule has 0 saturated carbocycles. The first-order valence-corrected chi connectivity index (χ1v) is 10.2. The van der Waals surface area contributed by atoms with Crippen molar-refractivity contribution in [2.75, 3.05) is 11.1 Å². The van der Waals surface area contributed by atoms with E-state index in [1.165, 1.54) is 18.2 Å². The molecule has 0 atom stereocenters. The lowest BCUT2D eigenvalue weighted by Gasteiger charge is -2.03. The largest absolute Gasteiger partial charge is 0.355 e. The first-order chi connectivity index (χ1) is 12.9. The van der Waals surface area contributed by atoms with Crippen LogP contribution in [0.4, 0.5) is 5.69 Å². The molecule has 1 amide bonds. The summed E-state index contributed by atoms with van der Waals surface area (Å²) in [6.45, 7) is 3.79. The summed E-state index contributed by atoms with van der Waals surface area (Å²) in [5, 5.41) is 6.55. The highest BCUT2D eigenvalue weighted by molar-refractivity contribution is 7.91. The fourth-order valence-corrected chi connectivity index (χ4v) is 3.89. The van der Waals surface area contributed by atoms with Gasteiger partial charge in [0.1, 0.15) is 0 Å². The Morgan fingerprint density at radius 2 is 1.74 bits per heavy atom. The number of nitrogens with zero attached hydrogens (tertiary/aromatic N) is 1. The molecule has 0 fully saturated rings. The van der Waals surface area contributed by atoms with E-state index in [2.05, 4.69) is 10.5 Å². The fourth-order valence-electron chi connectivity index (χ4n) is 2.56. The van der Waals surface area contributed by atoms with E-state index in [0.717, 1.165) is 5.56 Å². The predicted molar refractivity (Wildman–Crippen MR) is 103 cm³/mol.